The summed E-state index contributed by atoms with van der Waals surface area (Å²) in [5.74, 6) is 0.590. The normalized spacial score (nSPS) is 15.0. The molecule has 0 saturated heterocycles. The maximum atomic E-state index is 9.24. The molecule has 1 fully saturated rings. The topological polar surface area (TPSA) is 93.4 Å². The number of nitrogens with two attached hydrogens (primary N) is 1. The first-order chi connectivity index (χ1) is 11.6. The van der Waals surface area contributed by atoms with Gasteiger partial charge in [0.1, 0.15) is 5.82 Å². The second-order valence-corrected chi connectivity index (χ2v) is 6.13. The van der Waals surface area contributed by atoms with Gasteiger partial charge in [-0.05, 0) is 25.0 Å². The molecule has 6 nitrogen and oxygen atoms in total. The highest BCUT2D eigenvalue weighted by atomic mass is 15.3. The van der Waals surface area contributed by atoms with Crippen LogP contribution in [0.15, 0.2) is 42.9 Å². The van der Waals surface area contributed by atoms with Gasteiger partial charge in [-0.25, -0.2) is 0 Å². The van der Waals surface area contributed by atoms with Crippen LogP contribution in [0.5, 0.6) is 0 Å². The van der Waals surface area contributed by atoms with Crippen molar-refractivity contribution >= 4 is 5.82 Å². The van der Waals surface area contributed by atoms with Crippen molar-refractivity contribution in [2.75, 3.05) is 5.73 Å². The van der Waals surface area contributed by atoms with Gasteiger partial charge in [0.25, 0.3) is 0 Å². The minimum absolute atomic E-state index is 0.349. The second-order valence-electron chi connectivity index (χ2n) is 6.13. The summed E-state index contributed by atoms with van der Waals surface area (Å²) in [6, 6.07) is 10.2. The Morgan fingerprint density at radius 1 is 1.08 bits per heavy atom. The predicted molar refractivity (Wildman–Crippen MR) is 90.6 cm³/mol. The summed E-state index contributed by atoms with van der Waals surface area (Å²) in [6.45, 7) is 0. The lowest BCUT2D eigenvalue weighted by atomic mass is 10.0. The Morgan fingerprint density at radius 3 is 2.25 bits per heavy atom. The van der Waals surface area contributed by atoms with Crippen LogP contribution in [0.2, 0.25) is 0 Å². The smallest absolute Gasteiger partial charge is 0.130 e. The fourth-order valence-electron chi connectivity index (χ4n) is 2.77. The molecule has 0 aliphatic heterocycles. The Labute approximate surface area is 139 Å². The van der Waals surface area contributed by atoms with Crippen LogP contribution in [0.3, 0.4) is 0 Å². The zero-order valence-corrected chi connectivity index (χ0v) is 13.3. The number of hydrogen-bond acceptors (Lipinski definition) is 5. The number of nitriles is 1. The standard InChI is InChI=1S/C18H16N6/c1-24-17(20)14(10-23-24)15-4-2-12(8-21-15)13-3-5-16(22-9-13)18(11-19)6-7-18/h2-5,8-10H,6-7,20H2,1H3. The molecule has 3 aromatic heterocycles. The van der Waals surface area contributed by atoms with Gasteiger partial charge in [-0.15, -0.1) is 0 Å². The van der Waals surface area contributed by atoms with Crippen molar-refractivity contribution in [3.63, 3.8) is 0 Å². The largest absolute Gasteiger partial charge is 0.383 e. The second kappa shape index (κ2) is 5.17. The zero-order chi connectivity index (χ0) is 16.7. The van der Waals surface area contributed by atoms with E-state index in [1.54, 1.807) is 24.1 Å². The Balaban J connectivity index is 1.61. The molecular weight excluding hydrogens is 300 g/mol. The van der Waals surface area contributed by atoms with E-state index in [9.17, 15) is 5.26 Å². The van der Waals surface area contributed by atoms with Crippen molar-refractivity contribution in [1.82, 2.24) is 19.7 Å². The van der Waals surface area contributed by atoms with Crippen LogP contribution >= 0.6 is 0 Å². The van der Waals surface area contributed by atoms with Gasteiger partial charge in [0.05, 0.1) is 34.6 Å². The van der Waals surface area contributed by atoms with Crippen molar-refractivity contribution in [1.29, 1.82) is 5.26 Å². The van der Waals surface area contributed by atoms with E-state index < -0.39 is 0 Å². The Morgan fingerprint density at radius 2 is 1.79 bits per heavy atom. The number of rotatable bonds is 3. The third-order valence-electron chi connectivity index (χ3n) is 4.58. The molecule has 0 spiro atoms. The van der Waals surface area contributed by atoms with Gasteiger partial charge in [0.15, 0.2) is 0 Å². The van der Waals surface area contributed by atoms with Gasteiger partial charge in [-0.1, -0.05) is 12.1 Å². The summed E-state index contributed by atoms with van der Waals surface area (Å²) in [5, 5.41) is 13.4. The van der Waals surface area contributed by atoms with Gasteiger partial charge in [-0.3, -0.25) is 14.6 Å². The summed E-state index contributed by atoms with van der Waals surface area (Å²) in [4.78, 5) is 8.96. The van der Waals surface area contributed by atoms with E-state index in [0.717, 1.165) is 40.9 Å². The number of aryl methyl sites for hydroxylation is 1. The summed E-state index contributed by atoms with van der Waals surface area (Å²) >= 11 is 0. The van der Waals surface area contributed by atoms with Crippen LogP contribution in [0, 0.1) is 11.3 Å². The SMILES string of the molecule is Cn1ncc(-c2ccc(-c3ccc(C4(C#N)CC4)nc3)cn2)c1N. The highest BCUT2D eigenvalue weighted by Crippen LogP contribution is 2.46. The highest BCUT2D eigenvalue weighted by molar-refractivity contribution is 5.72. The molecule has 0 amide bonds. The zero-order valence-electron chi connectivity index (χ0n) is 13.3. The van der Waals surface area contributed by atoms with Gasteiger partial charge in [0, 0.05) is 30.6 Å². The molecule has 1 aliphatic rings. The van der Waals surface area contributed by atoms with Crippen LogP contribution in [0.25, 0.3) is 22.4 Å². The third-order valence-corrected chi connectivity index (χ3v) is 4.58. The minimum atomic E-state index is -0.349. The van der Waals surface area contributed by atoms with Gasteiger partial charge in [-0.2, -0.15) is 10.4 Å². The molecule has 0 unspecified atom stereocenters. The average molecular weight is 316 g/mol. The monoisotopic (exact) mass is 316 g/mol. The third kappa shape index (κ3) is 2.22. The van der Waals surface area contributed by atoms with E-state index in [-0.39, 0.29) is 5.41 Å². The van der Waals surface area contributed by atoms with E-state index in [1.807, 2.05) is 30.5 Å². The van der Waals surface area contributed by atoms with Crippen molar-refractivity contribution < 1.29 is 0 Å². The predicted octanol–water partition coefficient (Wildman–Crippen LogP) is 2.68. The molecule has 3 heterocycles. The molecule has 24 heavy (non-hydrogen) atoms. The lowest BCUT2D eigenvalue weighted by molar-refractivity contribution is 0.779. The maximum Gasteiger partial charge on any atom is 0.130 e. The lowest BCUT2D eigenvalue weighted by Crippen LogP contribution is -2.04. The Hall–Kier alpha value is -3.20. The van der Waals surface area contributed by atoms with E-state index in [4.69, 9.17) is 5.73 Å². The summed E-state index contributed by atoms with van der Waals surface area (Å²) < 4.78 is 1.62. The van der Waals surface area contributed by atoms with Gasteiger partial charge in [0.2, 0.25) is 0 Å². The summed E-state index contributed by atoms with van der Waals surface area (Å²) in [6.07, 6.45) is 7.12. The van der Waals surface area contributed by atoms with Gasteiger partial charge >= 0.3 is 0 Å². The van der Waals surface area contributed by atoms with Crippen LogP contribution in [0.4, 0.5) is 5.82 Å². The van der Waals surface area contributed by atoms with Crippen molar-refractivity contribution in [2.24, 2.45) is 7.05 Å². The first kappa shape index (κ1) is 14.4. The Kier molecular flexibility index (Phi) is 3.10. The molecular formula is C18H16N6. The van der Waals surface area contributed by atoms with Crippen LogP contribution in [-0.2, 0) is 12.5 Å². The number of nitrogens with zero attached hydrogens (tertiary/aromatic N) is 5. The quantitative estimate of drug-likeness (QED) is 0.801. The average Bonchev–Trinajstić information content (AvgIpc) is 3.37. The molecule has 3 aromatic rings. The number of nitrogen functional groups attached to an aromatic ring is 1. The molecule has 1 aliphatic carbocycles. The highest BCUT2D eigenvalue weighted by Gasteiger charge is 2.46. The first-order valence-corrected chi connectivity index (χ1v) is 7.75. The molecule has 6 heteroatoms. The summed E-state index contributed by atoms with van der Waals surface area (Å²) in [7, 11) is 1.80. The van der Waals surface area contributed by atoms with Crippen molar-refractivity contribution in [3.05, 3.63) is 48.5 Å². The first-order valence-electron chi connectivity index (χ1n) is 7.75. The maximum absolute atomic E-state index is 9.24. The number of aromatic nitrogens is 4. The minimum Gasteiger partial charge on any atom is -0.383 e. The lowest BCUT2D eigenvalue weighted by Gasteiger charge is -2.07. The Bertz CT molecular complexity index is 927. The van der Waals surface area contributed by atoms with Crippen LogP contribution in [-0.4, -0.2) is 19.7 Å². The molecule has 0 atom stereocenters. The molecule has 0 aromatic carbocycles. The molecule has 2 N–H and O–H groups in total. The van der Waals surface area contributed by atoms with Crippen LogP contribution in [0.1, 0.15) is 18.5 Å². The van der Waals surface area contributed by atoms with Gasteiger partial charge < -0.3 is 5.73 Å². The summed E-state index contributed by atoms with van der Waals surface area (Å²) in [5.41, 5.74) is 10.1. The van der Waals surface area contributed by atoms with E-state index in [0.29, 0.717) is 5.82 Å². The van der Waals surface area contributed by atoms with Crippen molar-refractivity contribution in [2.45, 2.75) is 18.3 Å². The number of anilines is 1. The van der Waals surface area contributed by atoms with E-state index >= 15 is 0 Å². The number of pyridine rings is 2. The molecule has 1 saturated carbocycles. The van der Waals surface area contributed by atoms with E-state index in [2.05, 4.69) is 21.1 Å². The number of hydrogen-bond donors (Lipinski definition) is 1. The molecule has 0 radical (unpaired) electrons. The molecule has 0 bridgehead atoms. The van der Waals surface area contributed by atoms with Crippen molar-refractivity contribution in [3.8, 4) is 28.5 Å². The van der Waals surface area contributed by atoms with Crippen LogP contribution < -0.4 is 5.73 Å². The van der Waals surface area contributed by atoms with E-state index in [1.165, 1.54) is 0 Å². The molecule has 4 rings (SSSR count). The fourth-order valence-corrected chi connectivity index (χ4v) is 2.77. The fraction of sp³-hybridized carbons (Fsp3) is 0.222. The molecule has 118 valence electrons.